The number of piperidine rings is 1. The van der Waals surface area contributed by atoms with Crippen LogP contribution in [0.5, 0.6) is 0 Å². The van der Waals surface area contributed by atoms with Gasteiger partial charge in [-0.1, -0.05) is 0 Å². The number of hydrogen-bond acceptors (Lipinski definition) is 5. The number of amides is 2. The normalized spacial score (nSPS) is 35.1. The SMILES string of the molecule is O=C(CN1CCC(NC(=O)C23CC4CC(CC(C4)C2)C3)CC1)Nc1nccs1. The molecule has 0 radical (unpaired) electrons. The number of nitrogens with one attached hydrogen (secondary N) is 2. The summed E-state index contributed by atoms with van der Waals surface area (Å²) in [4.78, 5) is 31.6. The summed E-state index contributed by atoms with van der Waals surface area (Å²) >= 11 is 1.43. The molecule has 5 fully saturated rings. The fraction of sp³-hybridized carbons (Fsp3) is 0.762. The Morgan fingerprint density at radius 2 is 1.75 bits per heavy atom. The number of likely N-dealkylation sites (tertiary alicyclic amines) is 1. The molecule has 2 amide bonds. The first kappa shape index (κ1) is 18.6. The number of thiazole rings is 1. The third kappa shape index (κ3) is 3.71. The van der Waals surface area contributed by atoms with Gasteiger partial charge in [0, 0.05) is 36.1 Å². The smallest absolute Gasteiger partial charge is 0.240 e. The molecule has 152 valence electrons. The van der Waals surface area contributed by atoms with Crippen molar-refractivity contribution in [3.8, 4) is 0 Å². The minimum Gasteiger partial charge on any atom is -0.353 e. The molecular formula is C21H30N4O2S. The summed E-state index contributed by atoms with van der Waals surface area (Å²) < 4.78 is 0. The van der Waals surface area contributed by atoms with Crippen LogP contribution in [0.2, 0.25) is 0 Å². The Bertz CT molecular complexity index is 691. The molecule has 6 rings (SSSR count). The fourth-order valence-electron chi connectivity index (χ4n) is 6.61. The molecule has 2 heterocycles. The van der Waals surface area contributed by atoms with Crippen molar-refractivity contribution in [1.29, 1.82) is 0 Å². The molecule has 5 aliphatic rings. The molecule has 7 heteroatoms. The maximum Gasteiger partial charge on any atom is 0.240 e. The van der Waals surface area contributed by atoms with Gasteiger partial charge in [-0.3, -0.25) is 14.5 Å². The van der Waals surface area contributed by atoms with Gasteiger partial charge in [-0.15, -0.1) is 11.3 Å². The Morgan fingerprint density at radius 1 is 1.11 bits per heavy atom. The van der Waals surface area contributed by atoms with Crippen molar-refractivity contribution in [1.82, 2.24) is 15.2 Å². The monoisotopic (exact) mass is 402 g/mol. The number of aromatic nitrogens is 1. The third-order valence-electron chi connectivity index (χ3n) is 7.49. The van der Waals surface area contributed by atoms with Gasteiger partial charge in [-0.25, -0.2) is 4.98 Å². The number of hydrogen-bond donors (Lipinski definition) is 2. The number of nitrogens with zero attached hydrogens (tertiary/aromatic N) is 2. The predicted octanol–water partition coefficient (Wildman–Crippen LogP) is 2.88. The molecule has 1 aromatic heterocycles. The summed E-state index contributed by atoms with van der Waals surface area (Å²) in [5, 5.41) is 8.77. The lowest BCUT2D eigenvalue weighted by atomic mass is 9.49. The van der Waals surface area contributed by atoms with Crippen molar-refractivity contribution in [2.24, 2.45) is 23.2 Å². The van der Waals surface area contributed by atoms with E-state index in [2.05, 4.69) is 20.5 Å². The van der Waals surface area contributed by atoms with Crippen molar-refractivity contribution in [3.05, 3.63) is 11.6 Å². The van der Waals surface area contributed by atoms with Crippen molar-refractivity contribution >= 4 is 28.3 Å². The highest BCUT2D eigenvalue weighted by atomic mass is 32.1. The lowest BCUT2D eigenvalue weighted by Crippen LogP contribution is -2.56. The second-order valence-corrected chi connectivity index (χ2v) is 10.5. The third-order valence-corrected chi connectivity index (χ3v) is 8.18. The van der Waals surface area contributed by atoms with Crippen LogP contribution in [0.3, 0.4) is 0 Å². The lowest BCUT2D eigenvalue weighted by Gasteiger charge is -2.56. The number of anilines is 1. The highest BCUT2D eigenvalue weighted by Crippen LogP contribution is 2.60. The van der Waals surface area contributed by atoms with Gasteiger partial charge in [0.05, 0.1) is 6.54 Å². The molecule has 28 heavy (non-hydrogen) atoms. The van der Waals surface area contributed by atoms with E-state index in [-0.39, 0.29) is 17.4 Å². The zero-order valence-corrected chi connectivity index (χ0v) is 17.2. The van der Waals surface area contributed by atoms with Crippen LogP contribution < -0.4 is 10.6 Å². The van der Waals surface area contributed by atoms with Crippen LogP contribution in [-0.2, 0) is 9.59 Å². The van der Waals surface area contributed by atoms with Gasteiger partial charge in [-0.2, -0.15) is 0 Å². The summed E-state index contributed by atoms with van der Waals surface area (Å²) in [5.74, 6) is 2.73. The molecule has 1 aliphatic heterocycles. The average molecular weight is 403 g/mol. The zero-order valence-electron chi connectivity index (χ0n) is 16.4. The van der Waals surface area contributed by atoms with Crippen LogP contribution in [0.15, 0.2) is 11.6 Å². The van der Waals surface area contributed by atoms with Crippen LogP contribution in [0.4, 0.5) is 5.13 Å². The summed E-state index contributed by atoms with van der Waals surface area (Å²) in [7, 11) is 0. The molecule has 0 atom stereocenters. The standard InChI is InChI=1S/C21H30N4O2S/c26-18(24-20-22-3-6-28-20)13-25-4-1-17(2-5-25)23-19(27)21-10-14-7-15(11-21)9-16(8-14)12-21/h3,6,14-17H,1-2,4-5,7-13H2,(H,23,27)(H,22,24,26). The number of carbonyl (C=O) groups excluding carboxylic acids is 2. The van der Waals surface area contributed by atoms with E-state index in [4.69, 9.17) is 0 Å². The molecule has 1 saturated heterocycles. The van der Waals surface area contributed by atoms with E-state index >= 15 is 0 Å². The lowest BCUT2D eigenvalue weighted by molar-refractivity contribution is -0.147. The Kier molecular flexibility index (Phi) is 4.91. The topological polar surface area (TPSA) is 74.3 Å². The maximum absolute atomic E-state index is 13.2. The second-order valence-electron chi connectivity index (χ2n) is 9.61. The van der Waals surface area contributed by atoms with E-state index in [1.807, 2.05) is 5.38 Å². The van der Waals surface area contributed by atoms with E-state index in [1.165, 1.54) is 30.6 Å². The van der Waals surface area contributed by atoms with Crippen molar-refractivity contribution < 1.29 is 9.59 Å². The van der Waals surface area contributed by atoms with Crippen LogP contribution in [0.25, 0.3) is 0 Å². The van der Waals surface area contributed by atoms with Crippen LogP contribution in [-0.4, -0.2) is 47.4 Å². The molecule has 6 nitrogen and oxygen atoms in total. The Hall–Kier alpha value is -1.47. The van der Waals surface area contributed by atoms with E-state index in [0.717, 1.165) is 62.9 Å². The molecule has 2 N–H and O–H groups in total. The van der Waals surface area contributed by atoms with Gasteiger partial charge >= 0.3 is 0 Å². The van der Waals surface area contributed by atoms with E-state index < -0.39 is 0 Å². The largest absolute Gasteiger partial charge is 0.353 e. The van der Waals surface area contributed by atoms with Gasteiger partial charge in [0.1, 0.15) is 0 Å². The average Bonchev–Trinajstić information content (AvgIpc) is 3.15. The predicted molar refractivity (Wildman–Crippen MR) is 109 cm³/mol. The first-order valence-corrected chi connectivity index (χ1v) is 11.7. The number of carbonyl (C=O) groups is 2. The molecule has 0 unspecified atom stereocenters. The van der Waals surface area contributed by atoms with Crippen molar-refractivity contribution in [3.63, 3.8) is 0 Å². The number of rotatable bonds is 5. The van der Waals surface area contributed by atoms with Crippen LogP contribution in [0, 0.1) is 23.2 Å². The minimum atomic E-state index is -0.0561. The Balaban J connectivity index is 1.10. The molecule has 0 aromatic carbocycles. The van der Waals surface area contributed by atoms with Gasteiger partial charge in [0.2, 0.25) is 11.8 Å². The summed E-state index contributed by atoms with van der Waals surface area (Å²) in [5.41, 5.74) is -0.0561. The Labute approximate surface area is 170 Å². The van der Waals surface area contributed by atoms with Gasteiger partial charge in [0.25, 0.3) is 0 Å². The fourth-order valence-corrected chi connectivity index (χ4v) is 7.15. The zero-order chi connectivity index (χ0) is 19.1. The molecular weight excluding hydrogens is 372 g/mol. The summed E-state index contributed by atoms with van der Waals surface area (Å²) in [6, 6.07) is 0.263. The van der Waals surface area contributed by atoms with Gasteiger partial charge < -0.3 is 10.6 Å². The molecule has 1 aromatic rings. The molecule has 4 saturated carbocycles. The second kappa shape index (κ2) is 7.41. The van der Waals surface area contributed by atoms with E-state index in [0.29, 0.717) is 17.6 Å². The van der Waals surface area contributed by atoms with E-state index in [9.17, 15) is 9.59 Å². The highest BCUT2D eigenvalue weighted by Gasteiger charge is 2.54. The van der Waals surface area contributed by atoms with Crippen molar-refractivity contribution in [2.75, 3.05) is 25.0 Å². The van der Waals surface area contributed by atoms with Gasteiger partial charge in [-0.05, 0) is 69.1 Å². The molecule has 4 aliphatic carbocycles. The van der Waals surface area contributed by atoms with Crippen molar-refractivity contribution in [2.45, 2.75) is 57.4 Å². The van der Waals surface area contributed by atoms with Crippen LogP contribution in [0.1, 0.15) is 51.4 Å². The summed E-state index contributed by atoms with van der Waals surface area (Å²) in [6.07, 6.45) is 11.0. The minimum absolute atomic E-state index is 0.00833. The Morgan fingerprint density at radius 3 is 2.32 bits per heavy atom. The highest BCUT2D eigenvalue weighted by molar-refractivity contribution is 7.13. The molecule has 4 bridgehead atoms. The van der Waals surface area contributed by atoms with E-state index in [1.54, 1.807) is 6.20 Å². The quantitative estimate of drug-likeness (QED) is 0.794. The molecule has 0 spiro atoms. The van der Waals surface area contributed by atoms with Gasteiger partial charge in [0.15, 0.2) is 5.13 Å². The maximum atomic E-state index is 13.2. The van der Waals surface area contributed by atoms with Crippen LogP contribution >= 0.6 is 11.3 Å². The first-order valence-electron chi connectivity index (χ1n) is 10.8. The first-order chi connectivity index (χ1) is 13.6. The summed E-state index contributed by atoms with van der Waals surface area (Å²) in [6.45, 7) is 2.11.